The van der Waals surface area contributed by atoms with Crippen LogP contribution in [0.2, 0.25) is 0 Å². The first-order chi connectivity index (χ1) is 9.32. The van der Waals surface area contributed by atoms with E-state index in [-0.39, 0.29) is 37.0 Å². The Hall–Kier alpha value is -1.54. The van der Waals surface area contributed by atoms with Gasteiger partial charge in [-0.3, -0.25) is 4.79 Å². The van der Waals surface area contributed by atoms with Crippen molar-refractivity contribution in [1.29, 1.82) is 0 Å². The van der Waals surface area contributed by atoms with Crippen molar-refractivity contribution in [2.75, 3.05) is 26.2 Å². The van der Waals surface area contributed by atoms with Gasteiger partial charge in [0.05, 0.1) is 4.90 Å². The van der Waals surface area contributed by atoms with Crippen molar-refractivity contribution in [2.24, 2.45) is 0 Å². The Morgan fingerprint density at radius 2 is 1.70 bits per heavy atom. The normalized spacial score (nSPS) is 17.2. The third-order valence-corrected chi connectivity index (χ3v) is 5.11. The zero-order valence-corrected chi connectivity index (χ0v) is 11.7. The standard InChI is InChI=1S/C12H14F2N2O3S/c1-9(17)15-4-6-16(7-5-15)20(18,19)10-2-3-11(13)12(14)8-10/h2-3,8H,4-7H2,1H3. The highest BCUT2D eigenvalue weighted by molar-refractivity contribution is 7.89. The molecule has 0 spiro atoms. The Morgan fingerprint density at radius 3 is 2.20 bits per heavy atom. The van der Waals surface area contributed by atoms with E-state index in [4.69, 9.17) is 0 Å². The molecule has 8 heteroatoms. The van der Waals surface area contributed by atoms with Gasteiger partial charge in [0, 0.05) is 33.1 Å². The Bertz CT molecular complexity index is 626. The van der Waals surface area contributed by atoms with Crippen LogP contribution in [0.25, 0.3) is 0 Å². The largest absolute Gasteiger partial charge is 0.340 e. The van der Waals surface area contributed by atoms with Gasteiger partial charge >= 0.3 is 0 Å². The van der Waals surface area contributed by atoms with Gasteiger partial charge in [-0.05, 0) is 18.2 Å². The molecule has 1 aromatic rings. The van der Waals surface area contributed by atoms with Crippen LogP contribution in [-0.2, 0) is 14.8 Å². The van der Waals surface area contributed by atoms with E-state index in [1.54, 1.807) is 0 Å². The smallest absolute Gasteiger partial charge is 0.243 e. The van der Waals surface area contributed by atoms with E-state index in [1.165, 1.54) is 16.1 Å². The summed E-state index contributed by atoms with van der Waals surface area (Å²) in [7, 11) is -3.86. The lowest BCUT2D eigenvalue weighted by molar-refractivity contribution is -0.129. The molecule has 1 saturated heterocycles. The topological polar surface area (TPSA) is 57.7 Å². The number of amides is 1. The minimum absolute atomic E-state index is 0.116. The highest BCUT2D eigenvalue weighted by atomic mass is 32.2. The predicted octanol–water partition coefficient (Wildman–Crippen LogP) is 0.818. The first kappa shape index (κ1) is 14.9. The molecular weight excluding hydrogens is 290 g/mol. The van der Waals surface area contributed by atoms with Crippen molar-refractivity contribution >= 4 is 15.9 Å². The van der Waals surface area contributed by atoms with Crippen molar-refractivity contribution in [3.05, 3.63) is 29.8 Å². The lowest BCUT2D eigenvalue weighted by Gasteiger charge is -2.33. The van der Waals surface area contributed by atoms with E-state index < -0.39 is 21.7 Å². The summed E-state index contributed by atoms with van der Waals surface area (Å²) in [5.74, 6) is -2.41. The second-order valence-electron chi connectivity index (χ2n) is 4.49. The van der Waals surface area contributed by atoms with Gasteiger partial charge < -0.3 is 4.90 Å². The average Bonchev–Trinajstić information content (AvgIpc) is 2.41. The Labute approximate surface area is 115 Å². The fourth-order valence-electron chi connectivity index (χ4n) is 2.03. The molecule has 0 saturated carbocycles. The summed E-state index contributed by atoms with van der Waals surface area (Å²) in [6.45, 7) is 2.28. The van der Waals surface area contributed by atoms with E-state index >= 15 is 0 Å². The van der Waals surface area contributed by atoms with Crippen LogP contribution in [0.3, 0.4) is 0 Å². The molecule has 0 bridgehead atoms. The number of hydrogen-bond donors (Lipinski definition) is 0. The third kappa shape index (κ3) is 2.80. The number of nitrogens with zero attached hydrogens (tertiary/aromatic N) is 2. The van der Waals surface area contributed by atoms with E-state index in [9.17, 15) is 22.0 Å². The van der Waals surface area contributed by atoms with Crippen LogP contribution in [0.4, 0.5) is 8.78 Å². The molecule has 0 aliphatic carbocycles. The van der Waals surface area contributed by atoms with Crippen molar-refractivity contribution in [1.82, 2.24) is 9.21 Å². The maximum atomic E-state index is 13.1. The first-order valence-corrected chi connectivity index (χ1v) is 7.47. The molecule has 1 aromatic carbocycles. The summed E-state index contributed by atoms with van der Waals surface area (Å²) in [4.78, 5) is 12.4. The molecule has 1 aliphatic rings. The lowest BCUT2D eigenvalue weighted by Crippen LogP contribution is -2.49. The third-order valence-electron chi connectivity index (χ3n) is 3.21. The van der Waals surface area contributed by atoms with E-state index in [0.717, 1.165) is 12.1 Å². The summed E-state index contributed by atoms with van der Waals surface area (Å²) in [6, 6.07) is 2.49. The number of piperazine rings is 1. The Balaban J connectivity index is 2.19. The molecule has 0 radical (unpaired) electrons. The molecule has 5 nitrogen and oxygen atoms in total. The van der Waals surface area contributed by atoms with Gasteiger partial charge in [0.25, 0.3) is 0 Å². The number of carbonyl (C=O) groups is 1. The Morgan fingerprint density at radius 1 is 1.10 bits per heavy atom. The van der Waals surface area contributed by atoms with Crippen LogP contribution in [-0.4, -0.2) is 49.7 Å². The molecule has 0 aromatic heterocycles. The van der Waals surface area contributed by atoms with Crippen LogP contribution < -0.4 is 0 Å². The molecule has 0 atom stereocenters. The van der Waals surface area contributed by atoms with Crippen molar-refractivity contribution in [2.45, 2.75) is 11.8 Å². The quantitative estimate of drug-likeness (QED) is 0.813. The van der Waals surface area contributed by atoms with Gasteiger partial charge in [-0.15, -0.1) is 0 Å². The van der Waals surface area contributed by atoms with Crippen LogP contribution >= 0.6 is 0 Å². The van der Waals surface area contributed by atoms with Gasteiger partial charge in [0.2, 0.25) is 15.9 Å². The highest BCUT2D eigenvalue weighted by Gasteiger charge is 2.29. The predicted molar refractivity (Wildman–Crippen MR) is 67.4 cm³/mol. The second-order valence-corrected chi connectivity index (χ2v) is 6.42. The van der Waals surface area contributed by atoms with Crippen LogP contribution in [0.5, 0.6) is 0 Å². The fraction of sp³-hybridized carbons (Fsp3) is 0.417. The number of rotatable bonds is 2. The van der Waals surface area contributed by atoms with Gasteiger partial charge in [0.15, 0.2) is 11.6 Å². The van der Waals surface area contributed by atoms with Crippen LogP contribution in [0, 0.1) is 11.6 Å². The minimum atomic E-state index is -3.86. The maximum absolute atomic E-state index is 13.1. The summed E-state index contributed by atoms with van der Waals surface area (Å²) >= 11 is 0. The zero-order chi connectivity index (χ0) is 14.9. The van der Waals surface area contributed by atoms with Gasteiger partial charge in [0.1, 0.15) is 0 Å². The molecule has 0 unspecified atom stereocenters. The SMILES string of the molecule is CC(=O)N1CCN(S(=O)(=O)c2ccc(F)c(F)c2)CC1. The summed E-state index contributed by atoms with van der Waals surface area (Å²) in [5, 5.41) is 0. The highest BCUT2D eigenvalue weighted by Crippen LogP contribution is 2.19. The van der Waals surface area contributed by atoms with Crippen LogP contribution in [0.1, 0.15) is 6.92 Å². The van der Waals surface area contributed by atoms with Gasteiger partial charge in [-0.1, -0.05) is 0 Å². The van der Waals surface area contributed by atoms with Gasteiger partial charge in [-0.25, -0.2) is 17.2 Å². The van der Waals surface area contributed by atoms with Crippen molar-refractivity contribution in [3.63, 3.8) is 0 Å². The number of halogens is 2. The molecule has 1 amide bonds. The Kier molecular flexibility index (Phi) is 4.05. The second kappa shape index (κ2) is 5.45. The van der Waals surface area contributed by atoms with Gasteiger partial charge in [-0.2, -0.15) is 4.31 Å². The molecule has 110 valence electrons. The fourth-order valence-corrected chi connectivity index (χ4v) is 3.46. The summed E-state index contributed by atoms with van der Waals surface area (Å²) in [5.41, 5.74) is 0. The molecule has 1 fully saturated rings. The summed E-state index contributed by atoms with van der Waals surface area (Å²) in [6.07, 6.45) is 0. The number of sulfonamides is 1. The maximum Gasteiger partial charge on any atom is 0.243 e. The van der Waals surface area contributed by atoms with E-state index in [1.807, 2.05) is 0 Å². The molecule has 1 aliphatic heterocycles. The summed E-state index contributed by atoms with van der Waals surface area (Å²) < 4.78 is 51.7. The number of hydrogen-bond acceptors (Lipinski definition) is 3. The number of carbonyl (C=O) groups excluding carboxylic acids is 1. The molecule has 20 heavy (non-hydrogen) atoms. The minimum Gasteiger partial charge on any atom is -0.340 e. The lowest BCUT2D eigenvalue weighted by atomic mass is 10.3. The van der Waals surface area contributed by atoms with Crippen LogP contribution in [0.15, 0.2) is 23.1 Å². The molecule has 0 N–H and O–H groups in total. The zero-order valence-electron chi connectivity index (χ0n) is 10.8. The van der Waals surface area contributed by atoms with E-state index in [2.05, 4.69) is 0 Å². The van der Waals surface area contributed by atoms with E-state index in [0.29, 0.717) is 6.07 Å². The molecule has 2 rings (SSSR count). The average molecular weight is 304 g/mol. The monoisotopic (exact) mass is 304 g/mol. The van der Waals surface area contributed by atoms with Crippen molar-refractivity contribution < 1.29 is 22.0 Å². The first-order valence-electron chi connectivity index (χ1n) is 6.03. The molecular formula is C12H14F2N2O3S. The molecule has 1 heterocycles. The number of benzene rings is 1. The van der Waals surface area contributed by atoms with Crippen molar-refractivity contribution in [3.8, 4) is 0 Å².